The highest BCUT2D eigenvalue weighted by molar-refractivity contribution is 5.42. The van der Waals surface area contributed by atoms with E-state index in [-0.39, 0.29) is 12.0 Å². The number of hydrogen-bond acceptors (Lipinski definition) is 4. The van der Waals surface area contributed by atoms with Gasteiger partial charge in [0.25, 0.3) is 0 Å². The first-order valence-corrected chi connectivity index (χ1v) is 6.06. The highest BCUT2D eigenvalue weighted by Crippen LogP contribution is 2.40. The molecule has 1 aromatic heterocycles. The summed E-state index contributed by atoms with van der Waals surface area (Å²) in [6.07, 6.45) is 2.71. The third-order valence-electron chi connectivity index (χ3n) is 3.41. The van der Waals surface area contributed by atoms with Gasteiger partial charge in [-0.1, -0.05) is 12.1 Å². The summed E-state index contributed by atoms with van der Waals surface area (Å²) in [7, 11) is 1.96. The van der Waals surface area contributed by atoms with Crippen molar-refractivity contribution in [3.05, 3.63) is 42.0 Å². The van der Waals surface area contributed by atoms with Crippen molar-refractivity contribution >= 4 is 5.69 Å². The lowest BCUT2D eigenvalue weighted by atomic mass is 9.94. The minimum atomic E-state index is 0.0244. The van der Waals surface area contributed by atoms with Crippen molar-refractivity contribution in [2.45, 2.75) is 18.4 Å². The van der Waals surface area contributed by atoms with Gasteiger partial charge in [0.15, 0.2) is 0 Å². The van der Waals surface area contributed by atoms with Crippen molar-refractivity contribution in [2.24, 2.45) is 7.05 Å². The van der Waals surface area contributed by atoms with Crippen molar-refractivity contribution in [3.63, 3.8) is 0 Å². The quantitative estimate of drug-likeness (QED) is 0.816. The smallest absolute Gasteiger partial charge is 0.138 e. The zero-order chi connectivity index (χ0) is 12.5. The molecule has 2 N–H and O–H groups in total. The molecule has 94 valence electrons. The summed E-state index contributed by atoms with van der Waals surface area (Å²) in [5.41, 5.74) is 7.71. The lowest BCUT2D eigenvalue weighted by Gasteiger charge is -2.18. The minimum Gasteiger partial charge on any atom is -0.399 e. The fourth-order valence-corrected chi connectivity index (χ4v) is 2.55. The summed E-state index contributed by atoms with van der Waals surface area (Å²) in [5, 5.41) is 8.14. The largest absolute Gasteiger partial charge is 0.399 e. The molecule has 1 aliphatic rings. The van der Waals surface area contributed by atoms with Crippen LogP contribution in [0.4, 0.5) is 5.69 Å². The Balaban J connectivity index is 1.95. The second-order valence-electron chi connectivity index (χ2n) is 4.66. The Morgan fingerprint density at radius 1 is 1.44 bits per heavy atom. The average Bonchev–Trinajstić information content (AvgIpc) is 2.96. The van der Waals surface area contributed by atoms with Gasteiger partial charge in [0.05, 0.1) is 12.0 Å². The molecule has 2 atom stereocenters. The summed E-state index contributed by atoms with van der Waals surface area (Å²) < 4.78 is 7.81. The standard InChI is InChI=1S/C13H16N4O/c1-17-8-15-16-13(17)11-5-6-18-12(11)9-3-2-4-10(14)7-9/h2-4,7-8,11-12H,5-6,14H2,1H3. The fraction of sp³-hybridized carbons (Fsp3) is 0.385. The zero-order valence-corrected chi connectivity index (χ0v) is 10.3. The van der Waals surface area contributed by atoms with Crippen LogP contribution in [0.15, 0.2) is 30.6 Å². The van der Waals surface area contributed by atoms with E-state index in [0.29, 0.717) is 0 Å². The normalized spacial score (nSPS) is 23.4. The van der Waals surface area contributed by atoms with Crippen LogP contribution in [-0.2, 0) is 11.8 Å². The second-order valence-corrected chi connectivity index (χ2v) is 4.66. The van der Waals surface area contributed by atoms with Gasteiger partial charge in [0.1, 0.15) is 12.2 Å². The molecular formula is C13H16N4O. The van der Waals surface area contributed by atoms with Crippen LogP contribution in [-0.4, -0.2) is 21.4 Å². The Hall–Kier alpha value is -1.88. The predicted octanol–water partition coefficient (Wildman–Crippen LogP) is 1.64. The number of anilines is 1. The van der Waals surface area contributed by atoms with Gasteiger partial charge in [-0.25, -0.2) is 0 Å². The maximum atomic E-state index is 5.85. The number of nitrogens with zero attached hydrogens (tertiary/aromatic N) is 3. The van der Waals surface area contributed by atoms with Crippen molar-refractivity contribution in [3.8, 4) is 0 Å². The summed E-state index contributed by atoms with van der Waals surface area (Å²) >= 11 is 0. The van der Waals surface area contributed by atoms with E-state index in [1.54, 1.807) is 6.33 Å². The molecule has 1 aliphatic heterocycles. The van der Waals surface area contributed by atoms with Gasteiger partial charge in [-0.15, -0.1) is 10.2 Å². The molecule has 2 heterocycles. The van der Waals surface area contributed by atoms with E-state index in [4.69, 9.17) is 10.5 Å². The first kappa shape index (κ1) is 11.2. The first-order chi connectivity index (χ1) is 8.75. The molecule has 3 rings (SSSR count). The third kappa shape index (κ3) is 1.86. The van der Waals surface area contributed by atoms with Gasteiger partial charge in [0.2, 0.25) is 0 Å². The van der Waals surface area contributed by atoms with Crippen LogP contribution >= 0.6 is 0 Å². The van der Waals surface area contributed by atoms with Crippen molar-refractivity contribution in [1.82, 2.24) is 14.8 Å². The highest BCUT2D eigenvalue weighted by Gasteiger charge is 2.33. The van der Waals surface area contributed by atoms with E-state index < -0.39 is 0 Å². The van der Waals surface area contributed by atoms with Crippen molar-refractivity contribution in [2.75, 3.05) is 12.3 Å². The molecule has 0 radical (unpaired) electrons. The number of aryl methyl sites for hydroxylation is 1. The summed E-state index contributed by atoms with van der Waals surface area (Å²) in [5.74, 6) is 1.22. The third-order valence-corrected chi connectivity index (χ3v) is 3.41. The van der Waals surface area contributed by atoms with E-state index in [9.17, 15) is 0 Å². The van der Waals surface area contributed by atoms with E-state index in [2.05, 4.69) is 16.3 Å². The Morgan fingerprint density at radius 2 is 2.33 bits per heavy atom. The molecule has 2 aromatic rings. The average molecular weight is 244 g/mol. The van der Waals surface area contributed by atoms with Gasteiger partial charge in [-0.05, 0) is 24.1 Å². The highest BCUT2D eigenvalue weighted by atomic mass is 16.5. The Bertz CT molecular complexity index is 551. The number of aromatic nitrogens is 3. The summed E-state index contributed by atoms with van der Waals surface area (Å²) in [6.45, 7) is 0.747. The molecule has 2 unspecified atom stereocenters. The Labute approximate surface area is 106 Å². The van der Waals surface area contributed by atoms with Gasteiger partial charge in [-0.2, -0.15) is 0 Å². The molecule has 1 aromatic carbocycles. The van der Waals surface area contributed by atoms with Gasteiger partial charge >= 0.3 is 0 Å². The van der Waals surface area contributed by atoms with Gasteiger partial charge < -0.3 is 15.0 Å². The van der Waals surface area contributed by atoms with E-state index in [0.717, 1.165) is 30.1 Å². The van der Waals surface area contributed by atoms with Crippen LogP contribution in [0.25, 0.3) is 0 Å². The van der Waals surface area contributed by atoms with Crippen LogP contribution in [0.1, 0.15) is 29.8 Å². The van der Waals surface area contributed by atoms with Crippen LogP contribution in [0, 0.1) is 0 Å². The molecular weight excluding hydrogens is 228 g/mol. The van der Waals surface area contributed by atoms with Crippen LogP contribution in [0.2, 0.25) is 0 Å². The van der Waals surface area contributed by atoms with Gasteiger partial charge in [0, 0.05) is 19.3 Å². The van der Waals surface area contributed by atoms with Crippen molar-refractivity contribution < 1.29 is 4.74 Å². The predicted molar refractivity (Wildman–Crippen MR) is 67.9 cm³/mol. The van der Waals surface area contributed by atoms with Crippen LogP contribution in [0.3, 0.4) is 0 Å². The zero-order valence-electron chi connectivity index (χ0n) is 10.3. The molecule has 5 nitrogen and oxygen atoms in total. The number of hydrogen-bond donors (Lipinski definition) is 1. The lowest BCUT2D eigenvalue weighted by Crippen LogP contribution is -2.11. The van der Waals surface area contributed by atoms with E-state index >= 15 is 0 Å². The molecule has 5 heteroatoms. The second kappa shape index (κ2) is 4.42. The minimum absolute atomic E-state index is 0.0244. The topological polar surface area (TPSA) is 66.0 Å². The monoisotopic (exact) mass is 244 g/mol. The SMILES string of the molecule is Cn1cnnc1C1CCOC1c1cccc(N)c1. The molecule has 0 bridgehead atoms. The number of ether oxygens (including phenoxy) is 1. The maximum absolute atomic E-state index is 5.85. The molecule has 0 amide bonds. The maximum Gasteiger partial charge on any atom is 0.138 e. The molecule has 1 fully saturated rings. The van der Waals surface area contributed by atoms with E-state index in [1.807, 2.05) is 29.8 Å². The molecule has 1 saturated heterocycles. The van der Waals surface area contributed by atoms with Crippen molar-refractivity contribution in [1.29, 1.82) is 0 Å². The van der Waals surface area contributed by atoms with Crippen LogP contribution < -0.4 is 5.73 Å². The number of rotatable bonds is 2. The van der Waals surface area contributed by atoms with Crippen LogP contribution in [0.5, 0.6) is 0 Å². The number of nitrogens with two attached hydrogens (primary N) is 1. The van der Waals surface area contributed by atoms with Gasteiger partial charge in [-0.3, -0.25) is 0 Å². The fourth-order valence-electron chi connectivity index (χ4n) is 2.55. The number of nitrogen functional groups attached to an aromatic ring is 1. The number of benzene rings is 1. The summed E-state index contributed by atoms with van der Waals surface area (Å²) in [6, 6.07) is 7.87. The molecule has 0 saturated carbocycles. The van der Waals surface area contributed by atoms with E-state index in [1.165, 1.54) is 0 Å². The Morgan fingerprint density at radius 3 is 3.06 bits per heavy atom. The molecule has 0 aliphatic carbocycles. The Kier molecular flexibility index (Phi) is 2.76. The summed E-state index contributed by atoms with van der Waals surface area (Å²) in [4.78, 5) is 0. The first-order valence-electron chi connectivity index (χ1n) is 6.06. The molecule has 0 spiro atoms. The molecule has 18 heavy (non-hydrogen) atoms. The lowest BCUT2D eigenvalue weighted by molar-refractivity contribution is 0.102.